The lowest BCUT2D eigenvalue weighted by atomic mass is 10.2. The molecule has 1 N–H and O–H groups in total. The summed E-state index contributed by atoms with van der Waals surface area (Å²) in [6.07, 6.45) is -5.53. The number of pyridine rings is 2. The molecule has 170 valence electrons. The van der Waals surface area contributed by atoms with Crippen LogP contribution in [-0.2, 0) is 0 Å². The summed E-state index contributed by atoms with van der Waals surface area (Å²) in [5.41, 5.74) is -0.686. The van der Waals surface area contributed by atoms with Gasteiger partial charge in [-0.3, -0.25) is 9.36 Å². The van der Waals surface area contributed by atoms with Gasteiger partial charge < -0.3 is 15.0 Å². The molecule has 0 saturated carbocycles. The number of halogens is 4. The Kier molecular flexibility index (Phi) is 6.37. The molecule has 7 nitrogen and oxygen atoms in total. The van der Waals surface area contributed by atoms with Gasteiger partial charge in [0.25, 0.3) is 0 Å². The fourth-order valence-electron chi connectivity index (χ4n) is 3.01. The van der Waals surface area contributed by atoms with E-state index in [0.717, 1.165) is 6.20 Å². The van der Waals surface area contributed by atoms with E-state index in [1.165, 1.54) is 41.8 Å². The molecular formula is C21H20F4N4O3. The summed E-state index contributed by atoms with van der Waals surface area (Å²) in [6.45, 7) is 1.24. The first kappa shape index (κ1) is 23.0. The van der Waals surface area contributed by atoms with Crippen molar-refractivity contribution in [2.75, 3.05) is 19.0 Å². The number of ether oxygens (including phenoxy) is 1. The Morgan fingerprint density at radius 2 is 1.91 bits per heavy atom. The highest BCUT2D eigenvalue weighted by Crippen LogP contribution is 2.24. The van der Waals surface area contributed by atoms with Gasteiger partial charge >= 0.3 is 12.3 Å². The SMILES string of the molecule is CCC(NC(=O)Oc1cn(-c2ccccc2F)c2nc(N(C)C)ccc2c1=O)C(F)(F)F. The first-order valence-electron chi connectivity index (χ1n) is 9.56. The number of nitrogens with one attached hydrogen (secondary N) is 1. The average Bonchev–Trinajstić information content (AvgIpc) is 2.73. The molecule has 0 bridgehead atoms. The number of alkyl halides is 3. The van der Waals surface area contributed by atoms with Crippen molar-refractivity contribution in [3.8, 4) is 11.4 Å². The number of hydrogen-bond acceptors (Lipinski definition) is 5. The van der Waals surface area contributed by atoms with Crippen LogP contribution in [0.3, 0.4) is 0 Å². The molecule has 2 heterocycles. The zero-order valence-electron chi connectivity index (χ0n) is 17.4. The van der Waals surface area contributed by atoms with Gasteiger partial charge in [0.1, 0.15) is 17.7 Å². The average molecular weight is 452 g/mol. The standard InChI is InChI=1S/C21H20F4N4O3/c1-4-16(21(23,24)25)26-20(31)32-15-11-29(14-8-6-5-7-13(14)22)19-12(18(15)30)9-10-17(27-19)28(2)3/h5-11,16H,4H2,1-3H3,(H,26,31). The summed E-state index contributed by atoms with van der Waals surface area (Å²) >= 11 is 0. The van der Waals surface area contributed by atoms with E-state index >= 15 is 0 Å². The number of amides is 1. The largest absolute Gasteiger partial charge is 0.413 e. The van der Waals surface area contributed by atoms with E-state index in [-0.39, 0.29) is 16.7 Å². The highest BCUT2D eigenvalue weighted by molar-refractivity contribution is 5.81. The van der Waals surface area contributed by atoms with Crippen molar-refractivity contribution in [2.24, 2.45) is 0 Å². The molecule has 1 aromatic carbocycles. The van der Waals surface area contributed by atoms with E-state index in [0.29, 0.717) is 5.82 Å². The number of aromatic nitrogens is 2. The van der Waals surface area contributed by atoms with Crippen LogP contribution in [0.4, 0.5) is 28.2 Å². The Morgan fingerprint density at radius 3 is 2.50 bits per heavy atom. The number of benzene rings is 1. The Hall–Kier alpha value is -3.63. The second-order valence-electron chi connectivity index (χ2n) is 7.12. The number of para-hydroxylation sites is 1. The summed E-state index contributed by atoms with van der Waals surface area (Å²) in [5, 5.41) is 1.69. The van der Waals surface area contributed by atoms with Crippen molar-refractivity contribution < 1.29 is 27.1 Å². The van der Waals surface area contributed by atoms with Crippen LogP contribution in [0.2, 0.25) is 0 Å². The molecular weight excluding hydrogens is 432 g/mol. The number of anilines is 1. The van der Waals surface area contributed by atoms with Crippen LogP contribution >= 0.6 is 0 Å². The Balaban J connectivity index is 2.13. The summed E-state index contributed by atoms with van der Waals surface area (Å²) in [4.78, 5) is 31.0. The van der Waals surface area contributed by atoms with Crippen LogP contribution in [0.1, 0.15) is 13.3 Å². The van der Waals surface area contributed by atoms with Gasteiger partial charge in [-0.15, -0.1) is 0 Å². The number of carbonyl (C=O) groups excluding carboxylic acids is 1. The van der Waals surface area contributed by atoms with E-state index in [9.17, 15) is 27.2 Å². The molecule has 11 heteroatoms. The van der Waals surface area contributed by atoms with Crippen LogP contribution < -0.4 is 20.4 Å². The lowest BCUT2D eigenvalue weighted by molar-refractivity contribution is -0.154. The second-order valence-corrected chi connectivity index (χ2v) is 7.12. The zero-order valence-corrected chi connectivity index (χ0v) is 17.4. The van der Waals surface area contributed by atoms with Crippen LogP contribution in [0, 0.1) is 5.82 Å². The van der Waals surface area contributed by atoms with Crippen molar-refractivity contribution in [2.45, 2.75) is 25.6 Å². The normalized spacial score (nSPS) is 12.5. The van der Waals surface area contributed by atoms with Crippen LogP contribution in [0.15, 0.2) is 47.4 Å². The van der Waals surface area contributed by atoms with Gasteiger partial charge in [0.05, 0.1) is 17.3 Å². The molecule has 0 radical (unpaired) electrons. The van der Waals surface area contributed by atoms with Gasteiger partial charge in [0.15, 0.2) is 11.4 Å². The van der Waals surface area contributed by atoms with Crippen molar-refractivity contribution in [1.82, 2.24) is 14.9 Å². The number of nitrogens with zero attached hydrogens (tertiary/aromatic N) is 3. The smallest absolute Gasteiger partial charge is 0.405 e. The molecule has 0 saturated heterocycles. The predicted octanol–water partition coefficient (Wildman–Crippen LogP) is 4.02. The number of fused-ring (bicyclic) bond motifs is 1. The molecule has 0 aliphatic carbocycles. The summed E-state index contributed by atoms with van der Waals surface area (Å²) in [7, 11) is 3.46. The fourth-order valence-corrected chi connectivity index (χ4v) is 3.01. The molecule has 1 unspecified atom stereocenters. The van der Waals surface area contributed by atoms with Gasteiger partial charge in [-0.05, 0) is 30.7 Å². The maximum Gasteiger partial charge on any atom is 0.413 e. The van der Waals surface area contributed by atoms with Gasteiger partial charge in [-0.2, -0.15) is 13.2 Å². The van der Waals surface area contributed by atoms with Crippen molar-refractivity contribution in [3.05, 3.63) is 58.6 Å². The molecule has 0 fully saturated rings. The first-order chi connectivity index (χ1) is 15.0. The van der Waals surface area contributed by atoms with E-state index in [1.807, 2.05) is 0 Å². The summed E-state index contributed by atoms with van der Waals surface area (Å²) < 4.78 is 59.5. The minimum absolute atomic E-state index is 0.00731. The van der Waals surface area contributed by atoms with Crippen molar-refractivity contribution in [3.63, 3.8) is 0 Å². The maximum atomic E-state index is 14.5. The second kappa shape index (κ2) is 8.85. The van der Waals surface area contributed by atoms with Crippen LogP contribution in [0.5, 0.6) is 5.75 Å². The third-order valence-electron chi connectivity index (χ3n) is 4.67. The number of hydrogen-bond donors (Lipinski definition) is 1. The van der Waals surface area contributed by atoms with Gasteiger partial charge in [0, 0.05) is 14.1 Å². The molecule has 1 amide bonds. The summed E-state index contributed by atoms with van der Waals surface area (Å²) in [5.74, 6) is -0.743. The van der Waals surface area contributed by atoms with Gasteiger partial charge in [-0.1, -0.05) is 19.1 Å². The molecule has 3 rings (SSSR count). The maximum absolute atomic E-state index is 14.5. The predicted molar refractivity (Wildman–Crippen MR) is 111 cm³/mol. The Morgan fingerprint density at radius 1 is 1.22 bits per heavy atom. The monoisotopic (exact) mass is 452 g/mol. The highest BCUT2D eigenvalue weighted by Gasteiger charge is 2.39. The van der Waals surface area contributed by atoms with Crippen LogP contribution in [0.25, 0.3) is 16.7 Å². The number of carbonyl (C=O) groups is 1. The molecule has 3 aromatic rings. The first-order valence-corrected chi connectivity index (χ1v) is 9.56. The zero-order chi connectivity index (χ0) is 23.6. The third kappa shape index (κ3) is 4.66. The lowest BCUT2D eigenvalue weighted by Gasteiger charge is -2.20. The van der Waals surface area contributed by atoms with Gasteiger partial charge in [0.2, 0.25) is 5.43 Å². The number of rotatable bonds is 5. The Bertz CT molecular complexity index is 1210. The van der Waals surface area contributed by atoms with E-state index in [2.05, 4.69) is 4.98 Å². The molecule has 0 spiro atoms. The van der Waals surface area contributed by atoms with E-state index < -0.39 is 41.7 Å². The van der Waals surface area contributed by atoms with Crippen molar-refractivity contribution in [1.29, 1.82) is 0 Å². The highest BCUT2D eigenvalue weighted by atomic mass is 19.4. The summed E-state index contributed by atoms with van der Waals surface area (Å²) in [6, 6.07) is 6.45. The topological polar surface area (TPSA) is 76.5 Å². The lowest BCUT2D eigenvalue weighted by Crippen LogP contribution is -2.46. The fraction of sp³-hybridized carbons (Fsp3) is 0.286. The molecule has 2 aromatic heterocycles. The van der Waals surface area contributed by atoms with Crippen LogP contribution in [-0.4, -0.2) is 42.0 Å². The molecule has 1 atom stereocenters. The van der Waals surface area contributed by atoms with E-state index in [1.54, 1.807) is 30.4 Å². The minimum atomic E-state index is -4.68. The minimum Gasteiger partial charge on any atom is -0.405 e. The quantitative estimate of drug-likeness (QED) is 0.592. The Labute approximate surface area is 180 Å². The molecule has 0 aliphatic rings. The van der Waals surface area contributed by atoms with Crippen molar-refractivity contribution >= 4 is 22.9 Å². The third-order valence-corrected chi connectivity index (χ3v) is 4.67. The van der Waals surface area contributed by atoms with E-state index in [4.69, 9.17) is 4.74 Å². The van der Waals surface area contributed by atoms with Gasteiger partial charge in [-0.25, -0.2) is 14.2 Å². The molecule has 32 heavy (non-hydrogen) atoms. The molecule has 0 aliphatic heterocycles.